The van der Waals surface area contributed by atoms with Crippen molar-refractivity contribution in [2.24, 2.45) is 0 Å². The first kappa shape index (κ1) is 22.7. The largest absolute Gasteiger partial charge is 0.573 e. The number of piperidine rings is 1. The van der Waals surface area contributed by atoms with Gasteiger partial charge in [-0.3, -0.25) is 4.79 Å². The van der Waals surface area contributed by atoms with E-state index in [4.69, 9.17) is 4.74 Å². The number of hydrogen-bond acceptors (Lipinski definition) is 4. The van der Waals surface area contributed by atoms with Gasteiger partial charge in [-0.05, 0) is 67.4 Å². The number of ether oxygens (including phenoxy) is 2. The molecule has 8 heteroatoms. The van der Waals surface area contributed by atoms with E-state index in [2.05, 4.69) is 15.4 Å². The number of carbonyl (C=O) groups is 1. The summed E-state index contributed by atoms with van der Waals surface area (Å²) in [5.41, 5.74) is 2.18. The highest BCUT2D eigenvalue weighted by atomic mass is 19.4. The van der Waals surface area contributed by atoms with Crippen LogP contribution in [-0.2, 0) is 0 Å². The van der Waals surface area contributed by atoms with Gasteiger partial charge in [-0.2, -0.15) is 0 Å². The second-order valence-electron chi connectivity index (χ2n) is 7.67. The number of hydrogen-bond donors (Lipinski definition) is 2. The van der Waals surface area contributed by atoms with Gasteiger partial charge in [0.05, 0.1) is 0 Å². The fraction of sp³-hybridized carbons (Fsp3) is 0.240. The van der Waals surface area contributed by atoms with Gasteiger partial charge in [0.15, 0.2) is 0 Å². The van der Waals surface area contributed by atoms with Gasteiger partial charge in [0.25, 0.3) is 5.91 Å². The lowest BCUT2D eigenvalue weighted by Gasteiger charge is -2.24. The Balaban J connectivity index is 1.49. The molecule has 0 bridgehead atoms. The molecule has 0 unspecified atom stereocenters. The number of anilines is 1. The third-order valence-electron chi connectivity index (χ3n) is 5.25. The van der Waals surface area contributed by atoms with Gasteiger partial charge in [0.2, 0.25) is 0 Å². The summed E-state index contributed by atoms with van der Waals surface area (Å²) in [5, 5.41) is 6.18. The normalized spacial score (nSPS) is 14.5. The molecule has 2 N–H and O–H groups in total. The van der Waals surface area contributed by atoms with Crippen molar-refractivity contribution in [2.75, 3.05) is 18.4 Å². The van der Waals surface area contributed by atoms with Crippen LogP contribution in [-0.4, -0.2) is 31.5 Å². The van der Waals surface area contributed by atoms with Gasteiger partial charge in [0.1, 0.15) is 17.6 Å². The van der Waals surface area contributed by atoms with Gasteiger partial charge in [-0.15, -0.1) is 13.2 Å². The molecule has 0 saturated carbocycles. The van der Waals surface area contributed by atoms with Crippen LogP contribution in [0.5, 0.6) is 11.5 Å². The molecule has 5 nitrogen and oxygen atoms in total. The topological polar surface area (TPSA) is 59.6 Å². The van der Waals surface area contributed by atoms with Crippen molar-refractivity contribution in [2.45, 2.75) is 25.3 Å². The van der Waals surface area contributed by atoms with E-state index in [0.717, 1.165) is 25.9 Å². The van der Waals surface area contributed by atoms with Crippen molar-refractivity contribution >= 4 is 11.6 Å². The van der Waals surface area contributed by atoms with Crippen LogP contribution in [0, 0.1) is 0 Å². The molecule has 33 heavy (non-hydrogen) atoms. The number of carbonyl (C=O) groups excluding carboxylic acids is 1. The molecular weight excluding hydrogens is 433 g/mol. The average molecular weight is 456 g/mol. The zero-order valence-electron chi connectivity index (χ0n) is 17.7. The lowest BCUT2D eigenvalue weighted by molar-refractivity contribution is -0.274. The summed E-state index contributed by atoms with van der Waals surface area (Å²) in [4.78, 5) is 13.0. The van der Waals surface area contributed by atoms with E-state index in [1.165, 1.54) is 24.3 Å². The molecular formula is C25H23F3N2O3. The maximum absolute atomic E-state index is 13.0. The van der Waals surface area contributed by atoms with Crippen LogP contribution in [0.1, 0.15) is 23.2 Å². The summed E-state index contributed by atoms with van der Waals surface area (Å²) in [6.07, 6.45) is -2.76. The van der Waals surface area contributed by atoms with Crippen LogP contribution in [0.15, 0.2) is 72.8 Å². The maximum atomic E-state index is 13.0. The van der Waals surface area contributed by atoms with E-state index in [0.29, 0.717) is 28.1 Å². The second-order valence-corrected chi connectivity index (χ2v) is 7.67. The highest BCUT2D eigenvalue weighted by Gasteiger charge is 2.31. The molecule has 1 amide bonds. The van der Waals surface area contributed by atoms with E-state index in [9.17, 15) is 18.0 Å². The monoisotopic (exact) mass is 456 g/mol. The Morgan fingerprint density at radius 2 is 1.64 bits per heavy atom. The SMILES string of the molecule is O=C(Nc1cccc(OC2CCNCC2)c1)c1ccccc1-c1ccc(OC(F)(F)F)cc1. The number of halogens is 3. The van der Waals surface area contributed by atoms with Crippen molar-refractivity contribution in [3.8, 4) is 22.6 Å². The van der Waals surface area contributed by atoms with E-state index < -0.39 is 6.36 Å². The van der Waals surface area contributed by atoms with Crippen LogP contribution >= 0.6 is 0 Å². The zero-order valence-corrected chi connectivity index (χ0v) is 17.7. The molecule has 0 spiro atoms. The highest BCUT2D eigenvalue weighted by Crippen LogP contribution is 2.29. The Hall–Kier alpha value is -3.52. The van der Waals surface area contributed by atoms with Crippen molar-refractivity contribution < 1.29 is 27.4 Å². The van der Waals surface area contributed by atoms with Crippen LogP contribution in [0.3, 0.4) is 0 Å². The maximum Gasteiger partial charge on any atom is 0.573 e. The van der Waals surface area contributed by atoms with Gasteiger partial charge in [-0.1, -0.05) is 36.4 Å². The molecule has 0 radical (unpaired) electrons. The van der Waals surface area contributed by atoms with Crippen molar-refractivity contribution in [1.29, 1.82) is 0 Å². The Morgan fingerprint density at radius 1 is 0.909 bits per heavy atom. The van der Waals surface area contributed by atoms with Gasteiger partial charge >= 0.3 is 6.36 Å². The Kier molecular flexibility index (Phi) is 6.84. The highest BCUT2D eigenvalue weighted by molar-refractivity contribution is 6.08. The molecule has 0 atom stereocenters. The minimum absolute atomic E-state index is 0.141. The molecule has 0 aromatic heterocycles. The summed E-state index contributed by atoms with van der Waals surface area (Å²) in [6, 6.07) is 19.6. The van der Waals surface area contributed by atoms with Gasteiger partial charge in [0, 0.05) is 17.3 Å². The van der Waals surface area contributed by atoms with E-state index in [1.54, 1.807) is 36.4 Å². The average Bonchev–Trinajstić information content (AvgIpc) is 2.79. The lowest BCUT2D eigenvalue weighted by Crippen LogP contribution is -2.34. The summed E-state index contributed by atoms with van der Waals surface area (Å²) >= 11 is 0. The van der Waals surface area contributed by atoms with Crippen LogP contribution in [0.4, 0.5) is 18.9 Å². The molecule has 1 fully saturated rings. The smallest absolute Gasteiger partial charge is 0.490 e. The number of alkyl halides is 3. The van der Waals surface area contributed by atoms with E-state index in [1.807, 2.05) is 12.1 Å². The number of nitrogens with one attached hydrogen (secondary N) is 2. The molecule has 172 valence electrons. The zero-order chi connectivity index (χ0) is 23.3. The molecule has 1 heterocycles. The summed E-state index contributed by atoms with van der Waals surface area (Å²) < 4.78 is 47.2. The quantitative estimate of drug-likeness (QED) is 0.504. The van der Waals surface area contributed by atoms with E-state index >= 15 is 0 Å². The van der Waals surface area contributed by atoms with Gasteiger partial charge < -0.3 is 20.1 Å². The molecule has 3 aromatic carbocycles. The van der Waals surface area contributed by atoms with Crippen molar-refractivity contribution in [3.05, 3.63) is 78.4 Å². The van der Waals surface area contributed by atoms with Crippen molar-refractivity contribution in [1.82, 2.24) is 5.32 Å². The summed E-state index contributed by atoms with van der Waals surface area (Å²) in [6.45, 7) is 1.84. The summed E-state index contributed by atoms with van der Waals surface area (Å²) in [5.74, 6) is 0.0345. The van der Waals surface area contributed by atoms with Crippen LogP contribution < -0.4 is 20.1 Å². The number of rotatable bonds is 6. The van der Waals surface area contributed by atoms with Crippen molar-refractivity contribution in [3.63, 3.8) is 0 Å². The minimum atomic E-state index is -4.76. The van der Waals surface area contributed by atoms with Crippen LogP contribution in [0.2, 0.25) is 0 Å². The first-order valence-electron chi connectivity index (χ1n) is 10.6. The predicted molar refractivity (Wildman–Crippen MR) is 119 cm³/mol. The molecule has 1 saturated heterocycles. The standard InChI is InChI=1S/C25H23F3N2O3/c26-25(27,28)33-20-10-8-17(9-11-20)22-6-1-2-7-23(22)24(31)30-18-4-3-5-21(16-18)32-19-12-14-29-15-13-19/h1-11,16,19,29H,12-15H2,(H,30,31). The Bertz CT molecular complexity index is 1090. The number of benzene rings is 3. The lowest BCUT2D eigenvalue weighted by atomic mass is 9.99. The first-order chi connectivity index (χ1) is 15.9. The Morgan fingerprint density at radius 3 is 2.36 bits per heavy atom. The number of amides is 1. The van der Waals surface area contributed by atoms with Crippen LogP contribution in [0.25, 0.3) is 11.1 Å². The minimum Gasteiger partial charge on any atom is -0.490 e. The van der Waals surface area contributed by atoms with E-state index in [-0.39, 0.29) is 17.8 Å². The first-order valence-corrected chi connectivity index (χ1v) is 10.6. The molecule has 1 aliphatic heterocycles. The fourth-order valence-corrected chi connectivity index (χ4v) is 3.72. The second kappa shape index (κ2) is 9.95. The third kappa shape index (κ3) is 6.26. The Labute approximate surface area is 189 Å². The predicted octanol–water partition coefficient (Wildman–Crippen LogP) is 5.64. The third-order valence-corrected chi connectivity index (χ3v) is 5.25. The molecule has 4 rings (SSSR count). The molecule has 1 aliphatic rings. The fourth-order valence-electron chi connectivity index (χ4n) is 3.72. The van der Waals surface area contributed by atoms with Gasteiger partial charge in [-0.25, -0.2) is 0 Å². The molecule has 0 aliphatic carbocycles. The summed E-state index contributed by atoms with van der Waals surface area (Å²) in [7, 11) is 0. The molecule has 3 aromatic rings.